The molecule has 7 nitrogen and oxygen atoms in total. The van der Waals surface area contributed by atoms with Crippen LogP contribution >= 0.6 is 0 Å². The van der Waals surface area contributed by atoms with Gasteiger partial charge in [0.15, 0.2) is 0 Å². The largest absolute Gasteiger partial charge is 0.478 e. The number of nitrogens with one attached hydrogen (secondary N) is 1. The van der Waals surface area contributed by atoms with Gasteiger partial charge in [0.25, 0.3) is 0 Å². The summed E-state index contributed by atoms with van der Waals surface area (Å²) in [4.78, 5) is 36.0. The SMILES string of the molecule is O=C(CS(=O)CC(=O)N1CCCC1)Nc1ccc(C(=O)O)cc1. The maximum atomic E-state index is 11.9. The zero-order valence-corrected chi connectivity index (χ0v) is 13.3. The Morgan fingerprint density at radius 3 is 2.26 bits per heavy atom. The number of carbonyl (C=O) groups is 3. The van der Waals surface area contributed by atoms with Gasteiger partial charge in [0.1, 0.15) is 11.5 Å². The molecule has 0 bridgehead atoms. The van der Waals surface area contributed by atoms with Gasteiger partial charge in [0, 0.05) is 29.6 Å². The summed E-state index contributed by atoms with van der Waals surface area (Å²) in [7, 11) is -1.56. The molecule has 1 aliphatic heterocycles. The van der Waals surface area contributed by atoms with E-state index in [2.05, 4.69) is 5.32 Å². The van der Waals surface area contributed by atoms with Crippen molar-refractivity contribution in [2.45, 2.75) is 12.8 Å². The lowest BCUT2D eigenvalue weighted by molar-refractivity contribution is -0.127. The van der Waals surface area contributed by atoms with E-state index in [1.165, 1.54) is 24.3 Å². The number of hydrogen-bond donors (Lipinski definition) is 2. The number of benzene rings is 1. The maximum absolute atomic E-state index is 11.9. The normalized spacial score (nSPS) is 15.2. The minimum Gasteiger partial charge on any atom is -0.478 e. The Labute approximate surface area is 136 Å². The predicted molar refractivity (Wildman–Crippen MR) is 85.7 cm³/mol. The Hall–Kier alpha value is -2.22. The van der Waals surface area contributed by atoms with Gasteiger partial charge in [-0.15, -0.1) is 0 Å². The lowest BCUT2D eigenvalue weighted by Gasteiger charge is -2.14. The molecule has 0 spiro atoms. The van der Waals surface area contributed by atoms with E-state index in [0.717, 1.165) is 12.8 Å². The van der Waals surface area contributed by atoms with Crippen molar-refractivity contribution >= 4 is 34.3 Å². The number of rotatable bonds is 6. The number of aromatic carboxylic acids is 1. The van der Waals surface area contributed by atoms with Crippen LogP contribution in [0.15, 0.2) is 24.3 Å². The summed E-state index contributed by atoms with van der Waals surface area (Å²) < 4.78 is 11.9. The third-order valence-corrected chi connectivity index (χ3v) is 4.60. The number of amides is 2. The van der Waals surface area contributed by atoms with Crippen LogP contribution in [0, 0.1) is 0 Å². The van der Waals surface area contributed by atoms with E-state index < -0.39 is 22.7 Å². The molecule has 2 amide bonds. The van der Waals surface area contributed by atoms with Crippen LogP contribution in [0.4, 0.5) is 5.69 Å². The van der Waals surface area contributed by atoms with Gasteiger partial charge in [-0.1, -0.05) is 0 Å². The fourth-order valence-electron chi connectivity index (χ4n) is 2.29. The summed E-state index contributed by atoms with van der Waals surface area (Å²) >= 11 is 0. The van der Waals surface area contributed by atoms with Crippen molar-refractivity contribution in [2.75, 3.05) is 29.9 Å². The average molecular weight is 338 g/mol. The van der Waals surface area contributed by atoms with Crippen LogP contribution in [0.5, 0.6) is 0 Å². The van der Waals surface area contributed by atoms with E-state index in [4.69, 9.17) is 5.11 Å². The summed E-state index contributed by atoms with van der Waals surface area (Å²) in [5, 5.41) is 11.3. The molecular weight excluding hydrogens is 320 g/mol. The molecule has 0 aliphatic carbocycles. The zero-order valence-electron chi connectivity index (χ0n) is 12.5. The standard InChI is InChI=1S/C15H18N2O5S/c18-13(16-12-5-3-11(4-6-12)15(20)21)9-23(22)10-14(19)17-7-1-2-8-17/h3-6H,1-2,7-10H2,(H,16,18)(H,20,21). The molecule has 1 unspecified atom stereocenters. The van der Waals surface area contributed by atoms with Crippen LogP contribution in [-0.2, 0) is 20.4 Å². The monoisotopic (exact) mass is 338 g/mol. The number of nitrogens with zero attached hydrogens (tertiary/aromatic N) is 1. The quantitative estimate of drug-likeness (QED) is 0.794. The van der Waals surface area contributed by atoms with E-state index in [-0.39, 0.29) is 23.0 Å². The summed E-state index contributed by atoms with van der Waals surface area (Å²) in [5.41, 5.74) is 0.533. The van der Waals surface area contributed by atoms with E-state index >= 15 is 0 Å². The molecular formula is C15H18N2O5S. The molecule has 1 aromatic carbocycles. The summed E-state index contributed by atoms with van der Waals surface area (Å²) in [6.45, 7) is 1.39. The third-order valence-electron chi connectivity index (χ3n) is 3.45. The van der Waals surface area contributed by atoms with Crippen LogP contribution in [0.1, 0.15) is 23.2 Å². The first-order valence-corrected chi connectivity index (χ1v) is 8.70. The van der Waals surface area contributed by atoms with Gasteiger partial charge in [-0.25, -0.2) is 4.79 Å². The van der Waals surface area contributed by atoms with Crippen molar-refractivity contribution in [3.63, 3.8) is 0 Å². The van der Waals surface area contributed by atoms with E-state index in [1.54, 1.807) is 4.90 Å². The van der Waals surface area contributed by atoms with Gasteiger partial charge in [0.2, 0.25) is 11.8 Å². The fraction of sp³-hybridized carbons (Fsp3) is 0.400. The molecule has 1 aliphatic rings. The lowest BCUT2D eigenvalue weighted by Crippen LogP contribution is -2.33. The van der Waals surface area contributed by atoms with Crippen molar-refractivity contribution in [2.24, 2.45) is 0 Å². The Bertz CT molecular complexity index is 623. The van der Waals surface area contributed by atoms with Crippen LogP contribution in [0.3, 0.4) is 0 Å². The fourth-order valence-corrected chi connectivity index (χ4v) is 3.21. The van der Waals surface area contributed by atoms with Gasteiger partial charge >= 0.3 is 5.97 Å². The Morgan fingerprint density at radius 2 is 1.70 bits per heavy atom. The van der Waals surface area contributed by atoms with Crippen molar-refractivity contribution in [1.82, 2.24) is 4.90 Å². The number of carboxylic acid groups (broad SMARTS) is 1. The van der Waals surface area contributed by atoms with Crippen molar-refractivity contribution in [3.8, 4) is 0 Å². The first-order valence-electron chi connectivity index (χ1n) is 7.21. The van der Waals surface area contributed by atoms with Gasteiger partial charge in [-0.3, -0.25) is 13.8 Å². The Balaban J connectivity index is 1.80. The summed E-state index contributed by atoms with van der Waals surface area (Å²) in [6, 6.07) is 5.65. The molecule has 2 rings (SSSR count). The topological polar surface area (TPSA) is 104 Å². The molecule has 0 saturated carbocycles. The van der Waals surface area contributed by atoms with Crippen LogP contribution in [0.2, 0.25) is 0 Å². The molecule has 2 N–H and O–H groups in total. The van der Waals surface area contributed by atoms with Gasteiger partial charge < -0.3 is 15.3 Å². The summed E-state index contributed by atoms with van der Waals surface area (Å²) in [6.07, 6.45) is 1.93. The molecule has 1 fully saturated rings. The summed E-state index contributed by atoms with van der Waals surface area (Å²) in [5.74, 6) is -2.12. The molecule has 8 heteroatoms. The number of carboxylic acids is 1. The second-order valence-corrected chi connectivity index (χ2v) is 6.70. The van der Waals surface area contributed by atoms with E-state index in [0.29, 0.717) is 18.8 Å². The first kappa shape index (κ1) is 17.1. The van der Waals surface area contributed by atoms with E-state index in [9.17, 15) is 18.6 Å². The molecule has 124 valence electrons. The first-order chi connectivity index (χ1) is 11.0. The number of anilines is 1. The zero-order chi connectivity index (χ0) is 16.8. The third kappa shape index (κ3) is 5.17. The number of hydrogen-bond acceptors (Lipinski definition) is 4. The second kappa shape index (κ2) is 7.87. The molecule has 0 aromatic heterocycles. The molecule has 1 atom stereocenters. The van der Waals surface area contributed by atoms with Gasteiger partial charge in [-0.05, 0) is 37.1 Å². The van der Waals surface area contributed by atoms with Gasteiger partial charge in [-0.2, -0.15) is 0 Å². The Kier molecular flexibility index (Phi) is 5.86. The smallest absolute Gasteiger partial charge is 0.335 e. The highest BCUT2D eigenvalue weighted by Crippen LogP contribution is 2.10. The average Bonchev–Trinajstić information content (AvgIpc) is 3.01. The minimum absolute atomic E-state index is 0.114. The minimum atomic E-state index is -1.56. The maximum Gasteiger partial charge on any atom is 0.335 e. The molecule has 1 heterocycles. The van der Waals surface area contributed by atoms with Crippen LogP contribution < -0.4 is 5.32 Å². The number of likely N-dealkylation sites (tertiary alicyclic amines) is 1. The lowest BCUT2D eigenvalue weighted by atomic mass is 10.2. The van der Waals surface area contributed by atoms with Crippen molar-refractivity contribution < 1.29 is 23.7 Å². The predicted octanol–water partition coefficient (Wildman–Crippen LogP) is 0.694. The van der Waals surface area contributed by atoms with Crippen molar-refractivity contribution in [1.29, 1.82) is 0 Å². The molecule has 1 saturated heterocycles. The molecule has 1 aromatic rings. The highest BCUT2D eigenvalue weighted by atomic mass is 32.2. The number of carbonyl (C=O) groups excluding carboxylic acids is 2. The molecule has 23 heavy (non-hydrogen) atoms. The van der Waals surface area contributed by atoms with Crippen LogP contribution in [0.25, 0.3) is 0 Å². The van der Waals surface area contributed by atoms with E-state index in [1.807, 2.05) is 0 Å². The highest BCUT2D eigenvalue weighted by molar-refractivity contribution is 7.86. The van der Waals surface area contributed by atoms with Crippen molar-refractivity contribution in [3.05, 3.63) is 29.8 Å². The second-order valence-electron chi connectivity index (χ2n) is 5.25. The van der Waals surface area contributed by atoms with Crippen LogP contribution in [-0.4, -0.2) is 56.6 Å². The highest BCUT2D eigenvalue weighted by Gasteiger charge is 2.20. The Morgan fingerprint density at radius 1 is 1.09 bits per heavy atom. The van der Waals surface area contributed by atoms with Gasteiger partial charge in [0.05, 0.1) is 5.56 Å². The molecule has 0 radical (unpaired) electrons.